The number of fused-ring (bicyclic) bond motifs is 3. The van der Waals surface area contributed by atoms with E-state index in [0.717, 1.165) is 54.3 Å². The number of hydrogen-bond donors (Lipinski definition) is 0. The molecule has 5 rings (SSSR count). The topological polar surface area (TPSA) is 86.0 Å². The van der Waals surface area contributed by atoms with Crippen molar-refractivity contribution in [3.63, 3.8) is 0 Å². The summed E-state index contributed by atoms with van der Waals surface area (Å²) in [6.45, 7) is 2.29. The smallest absolute Gasteiger partial charge is 0.274 e. The van der Waals surface area contributed by atoms with Gasteiger partial charge in [-0.1, -0.05) is 12.8 Å². The number of amides is 1. The normalized spacial score (nSPS) is 20.4. The van der Waals surface area contributed by atoms with Gasteiger partial charge in [-0.2, -0.15) is 0 Å². The molecular formula is C22H24N6O2. The van der Waals surface area contributed by atoms with E-state index in [4.69, 9.17) is 4.74 Å². The first-order valence-electron chi connectivity index (χ1n) is 10.3. The Kier molecular flexibility index (Phi) is 4.69. The number of carbonyl (C=O) groups is 1. The predicted molar refractivity (Wildman–Crippen MR) is 110 cm³/mol. The van der Waals surface area contributed by atoms with E-state index in [-0.39, 0.29) is 18.0 Å². The lowest BCUT2D eigenvalue weighted by molar-refractivity contribution is 0.0414. The molecule has 154 valence electrons. The molecule has 0 unspecified atom stereocenters. The molecule has 0 bridgehead atoms. The van der Waals surface area contributed by atoms with Gasteiger partial charge in [-0.25, -0.2) is 4.98 Å². The third-order valence-corrected chi connectivity index (χ3v) is 6.11. The highest BCUT2D eigenvalue weighted by atomic mass is 16.5. The van der Waals surface area contributed by atoms with Crippen molar-refractivity contribution < 1.29 is 9.53 Å². The van der Waals surface area contributed by atoms with Crippen LogP contribution in [0.1, 0.15) is 53.7 Å². The first kappa shape index (κ1) is 18.7. The minimum absolute atomic E-state index is 0.0837. The largest absolute Gasteiger partial charge is 0.497 e. The molecule has 3 heterocycles. The van der Waals surface area contributed by atoms with Crippen molar-refractivity contribution in [3.05, 3.63) is 53.9 Å². The van der Waals surface area contributed by atoms with Crippen molar-refractivity contribution in [1.82, 2.24) is 29.6 Å². The van der Waals surface area contributed by atoms with Crippen LogP contribution < -0.4 is 4.74 Å². The van der Waals surface area contributed by atoms with Crippen LogP contribution in [0.2, 0.25) is 0 Å². The second-order valence-electron chi connectivity index (χ2n) is 7.93. The molecule has 8 heteroatoms. The Hall–Kier alpha value is -3.29. The highest BCUT2D eigenvalue weighted by Gasteiger charge is 2.41. The number of methoxy groups -OCH3 is 1. The minimum Gasteiger partial charge on any atom is -0.497 e. The first-order chi connectivity index (χ1) is 14.7. The molecule has 2 aliphatic rings. The molecule has 1 amide bonds. The quantitative estimate of drug-likeness (QED) is 0.666. The molecule has 3 aromatic rings. The van der Waals surface area contributed by atoms with Crippen LogP contribution in [0, 0.1) is 6.92 Å². The molecule has 0 spiro atoms. The second-order valence-corrected chi connectivity index (χ2v) is 7.93. The number of aryl methyl sites for hydroxylation is 1. The van der Waals surface area contributed by atoms with Crippen LogP contribution in [0.3, 0.4) is 0 Å². The van der Waals surface area contributed by atoms with Gasteiger partial charge in [0.2, 0.25) is 0 Å². The van der Waals surface area contributed by atoms with E-state index in [1.807, 2.05) is 36.1 Å². The summed E-state index contributed by atoms with van der Waals surface area (Å²) >= 11 is 0. The Balaban J connectivity index is 1.52. The third kappa shape index (κ3) is 3.12. The number of nitrogens with zero attached hydrogens (tertiary/aromatic N) is 6. The lowest BCUT2D eigenvalue weighted by Gasteiger charge is -2.44. The molecule has 2 atom stereocenters. The van der Waals surface area contributed by atoms with Gasteiger partial charge in [0.25, 0.3) is 5.91 Å². The van der Waals surface area contributed by atoms with Gasteiger partial charge in [-0.15, -0.1) is 10.2 Å². The maximum Gasteiger partial charge on any atom is 0.274 e. The van der Waals surface area contributed by atoms with E-state index >= 15 is 0 Å². The lowest BCUT2D eigenvalue weighted by atomic mass is 9.87. The third-order valence-electron chi connectivity index (χ3n) is 6.11. The summed E-state index contributed by atoms with van der Waals surface area (Å²) in [7, 11) is 1.66. The maximum absolute atomic E-state index is 13.3. The molecule has 2 aromatic heterocycles. The molecule has 0 saturated heterocycles. The molecule has 1 aromatic carbocycles. The molecule has 1 saturated carbocycles. The summed E-state index contributed by atoms with van der Waals surface area (Å²) in [5, 5.41) is 8.96. The molecule has 0 radical (unpaired) electrons. The van der Waals surface area contributed by atoms with Crippen molar-refractivity contribution in [3.8, 4) is 17.1 Å². The molecule has 0 N–H and O–H groups in total. The van der Waals surface area contributed by atoms with Crippen molar-refractivity contribution in [1.29, 1.82) is 0 Å². The van der Waals surface area contributed by atoms with Crippen LogP contribution in [0.4, 0.5) is 0 Å². The first-order valence-corrected chi connectivity index (χ1v) is 10.3. The van der Waals surface area contributed by atoms with Gasteiger partial charge in [0.15, 0.2) is 11.6 Å². The average molecular weight is 404 g/mol. The minimum atomic E-state index is -0.0837. The Labute approximate surface area is 174 Å². The highest BCUT2D eigenvalue weighted by molar-refractivity contribution is 5.92. The highest BCUT2D eigenvalue weighted by Crippen LogP contribution is 2.40. The summed E-state index contributed by atoms with van der Waals surface area (Å²) in [6, 6.07) is 8.15. The van der Waals surface area contributed by atoms with Crippen LogP contribution in [-0.4, -0.2) is 48.7 Å². The van der Waals surface area contributed by atoms with Gasteiger partial charge in [-0.3, -0.25) is 9.78 Å². The molecule has 1 aliphatic heterocycles. The Bertz CT molecular complexity index is 1060. The number of ether oxygens (including phenoxy) is 1. The van der Waals surface area contributed by atoms with E-state index < -0.39 is 0 Å². The second kappa shape index (κ2) is 7.51. The van der Waals surface area contributed by atoms with E-state index in [0.29, 0.717) is 12.2 Å². The van der Waals surface area contributed by atoms with Crippen LogP contribution in [0.25, 0.3) is 11.4 Å². The average Bonchev–Trinajstić information content (AvgIpc) is 3.23. The molecule has 1 aliphatic carbocycles. The summed E-state index contributed by atoms with van der Waals surface area (Å²) < 4.78 is 7.52. The van der Waals surface area contributed by atoms with Crippen molar-refractivity contribution in [2.45, 2.75) is 51.2 Å². The van der Waals surface area contributed by atoms with Crippen LogP contribution >= 0.6 is 0 Å². The van der Waals surface area contributed by atoms with Crippen LogP contribution in [0.5, 0.6) is 5.75 Å². The Morgan fingerprint density at radius 1 is 1.03 bits per heavy atom. The van der Waals surface area contributed by atoms with Gasteiger partial charge in [-0.05, 0) is 44.0 Å². The SMILES string of the molecule is COc1ccc(-c2nnc3n2[C@@H]2CCCC[C@H]2N(C(=O)c2cnc(C)cn2)C3)cc1. The number of rotatable bonds is 3. The summed E-state index contributed by atoms with van der Waals surface area (Å²) in [5.74, 6) is 2.40. The van der Waals surface area contributed by atoms with Gasteiger partial charge < -0.3 is 14.2 Å². The molecule has 1 fully saturated rings. The standard InChI is InChI=1S/C22H24N6O2/c1-14-11-24-17(12-23-14)22(29)27-13-20-25-26-21(15-7-9-16(30-2)10-8-15)28(20)19-6-4-3-5-18(19)27/h7-12,18-19H,3-6,13H2,1-2H3/t18-,19-/m1/s1. The van der Waals surface area contributed by atoms with Crippen molar-refractivity contribution in [2.75, 3.05) is 7.11 Å². The predicted octanol–water partition coefficient (Wildman–Crippen LogP) is 3.19. The van der Waals surface area contributed by atoms with Gasteiger partial charge in [0, 0.05) is 11.8 Å². The van der Waals surface area contributed by atoms with E-state index in [1.165, 1.54) is 0 Å². The zero-order valence-corrected chi connectivity index (χ0v) is 17.2. The van der Waals surface area contributed by atoms with E-state index in [9.17, 15) is 4.79 Å². The summed E-state index contributed by atoms with van der Waals surface area (Å²) in [6.07, 6.45) is 7.42. The van der Waals surface area contributed by atoms with Gasteiger partial charge >= 0.3 is 0 Å². The number of benzene rings is 1. The Morgan fingerprint density at radius 3 is 2.50 bits per heavy atom. The molecule has 30 heavy (non-hydrogen) atoms. The Morgan fingerprint density at radius 2 is 1.80 bits per heavy atom. The summed E-state index contributed by atoms with van der Waals surface area (Å²) in [5.41, 5.74) is 2.18. The van der Waals surface area contributed by atoms with E-state index in [2.05, 4.69) is 24.7 Å². The summed E-state index contributed by atoms with van der Waals surface area (Å²) in [4.78, 5) is 23.8. The fraction of sp³-hybridized carbons (Fsp3) is 0.409. The zero-order valence-electron chi connectivity index (χ0n) is 17.2. The number of carbonyl (C=O) groups excluding carboxylic acids is 1. The fourth-order valence-corrected chi connectivity index (χ4v) is 4.62. The fourth-order valence-electron chi connectivity index (χ4n) is 4.62. The molecule has 8 nitrogen and oxygen atoms in total. The van der Waals surface area contributed by atoms with Crippen molar-refractivity contribution in [2.24, 2.45) is 0 Å². The van der Waals surface area contributed by atoms with Crippen LogP contribution in [-0.2, 0) is 6.54 Å². The monoisotopic (exact) mass is 404 g/mol. The number of hydrogen-bond acceptors (Lipinski definition) is 6. The molecular weight excluding hydrogens is 380 g/mol. The lowest BCUT2D eigenvalue weighted by Crippen LogP contribution is -2.50. The zero-order chi connectivity index (χ0) is 20.7. The maximum atomic E-state index is 13.3. The van der Waals surface area contributed by atoms with Gasteiger partial charge in [0.1, 0.15) is 11.4 Å². The van der Waals surface area contributed by atoms with Gasteiger partial charge in [0.05, 0.1) is 37.6 Å². The number of aromatic nitrogens is 5. The van der Waals surface area contributed by atoms with E-state index in [1.54, 1.807) is 19.5 Å². The van der Waals surface area contributed by atoms with Crippen LogP contribution in [0.15, 0.2) is 36.7 Å². The van der Waals surface area contributed by atoms with Crippen molar-refractivity contribution >= 4 is 5.91 Å².